The summed E-state index contributed by atoms with van der Waals surface area (Å²) >= 11 is 0. The van der Waals surface area contributed by atoms with Crippen LogP contribution in [0.15, 0.2) is 170 Å². The average molecular weight is 733 g/mol. The first-order valence-corrected chi connectivity index (χ1v) is 18.9. The third-order valence-electron chi connectivity index (χ3n) is 10.0. The summed E-state index contributed by atoms with van der Waals surface area (Å²) in [6.45, 7) is 0.0177. The van der Waals surface area contributed by atoms with Crippen molar-refractivity contribution in [2.45, 2.75) is 50.4 Å². The highest BCUT2D eigenvalue weighted by Crippen LogP contribution is 2.41. The lowest BCUT2D eigenvalue weighted by Crippen LogP contribution is -2.40. The minimum absolute atomic E-state index is 0.0787. The van der Waals surface area contributed by atoms with Crippen molar-refractivity contribution >= 4 is 11.9 Å². The molecule has 0 saturated heterocycles. The molecule has 0 radical (unpaired) electrons. The fraction of sp³-hybridized carbons (Fsp3) is 0.224. The van der Waals surface area contributed by atoms with Crippen molar-refractivity contribution in [3.8, 4) is 0 Å². The second-order valence-electron chi connectivity index (χ2n) is 13.8. The molecule has 0 aliphatic rings. The van der Waals surface area contributed by atoms with Gasteiger partial charge in [0.25, 0.3) is 0 Å². The van der Waals surface area contributed by atoms with E-state index >= 15 is 0 Å². The monoisotopic (exact) mass is 732 g/mol. The molecule has 0 bridgehead atoms. The zero-order valence-electron chi connectivity index (χ0n) is 31.3. The van der Waals surface area contributed by atoms with Gasteiger partial charge < -0.3 is 19.3 Å². The Bertz CT molecular complexity index is 1990. The highest BCUT2D eigenvalue weighted by Gasteiger charge is 2.40. The number of carbonyl (C=O) groups excluding carboxylic acids is 2. The molecule has 0 fully saturated rings. The van der Waals surface area contributed by atoms with Gasteiger partial charge in [0.1, 0.15) is 18.1 Å². The predicted molar refractivity (Wildman–Crippen MR) is 215 cm³/mol. The van der Waals surface area contributed by atoms with E-state index in [9.17, 15) is 14.7 Å². The Morgan fingerprint density at radius 1 is 0.582 bits per heavy atom. The van der Waals surface area contributed by atoms with Gasteiger partial charge in [0, 0.05) is 0 Å². The molecular weight excluding hydrogens is 685 g/mol. The largest absolute Gasteiger partial charge is 0.465 e. The first-order chi connectivity index (χ1) is 27.0. The summed E-state index contributed by atoms with van der Waals surface area (Å²) < 4.78 is 17.8. The topological polar surface area (TPSA) is 82.1 Å². The van der Waals surface area contributed by atoms with Crippen LogP contribution < -0.4 is 0 Å². The Kier molecular flexibility index (Phi) is 13.8. The van der Waals surface area contributed by atoms with Crippen LogP contribution in [-0.2, 0) is 50.5 Å². The fourth-order valence-electron chi connectivity index (χ4n) is 7.08. The Labute approximate surface area is 324 Å². The standard InChI is InChI=1S/C49H48O6/c1-53-47(51)41-24-16-23-38(34-41)21-14-19-37-20-15-22-39(33-37)31-32-46(50)45(48(52)54-35-40-17-6-2-7-18-40)36-55-49(42-25-8-3-9-26-42,43-27-10-4-11-28-43)44-29-12-5-13-30-44/h2-13,15-18,20,22-30,33-34,45-46,50H,14,19,21,31-32,35-36H2,1H3/t45-,46-/m1/s1. The van der Waals surface area contributed by atoms with Crippen molar-refractivity contribution in [1.29, 1.82) is 0 Å². The predicted octanol–water partition coefficient (Wildman–Crippen LogP) is 9.31. The van der Waals surface area contributed by atoms with Gasteiger partial charge in [-0.1, -0.05) is 158 Å². The maximum atomic E-state index is 14.0. The molecule has 6 nitrogen and oxygen atoms in total. The molecule has 280 valence electrons. The molecule has 0 amide bonds. The summed E-state index contributed by atoms with van der Waals surface area (Å²) in [5, 5.41) is 11.8. The molecule has 6 aromatic rings. The molecule has 6 heteroatoms. The molecule has 1 N–H and O–H groups in total. The quantitative estimate of drug-likeness (QED) is 0.0701. The molecule has 6 aromatic carbocycles. The summed E-state index contributed by atoms with van der Waals surface area (Å²) in [5.41, 5.74) is 6.44. The Hall–Kier alpha value is -5.82. The lowest BCUT2D eigenvalue weighted by molar-refractivity contribution is -0.159. The smallest absolute Gasteiger partial charge is 0.337 e. The summed E-state index contributed by atoms with van der Waals surface area (Å²) in [6, 6.07) is 55.5. The number of benzene rings is 6. The SMILES string of the molecule is COC(=O)c1cccc(CCCc2cccc(CC[C@@H](O)[C@@H](COC(c3ccccc3)(c3ccccc3)c3ccccc3)C(=O)OCc3ccccc3)c2)c1. The van der Waals surface area contributed by atoms with E-state index in [1.54, 1.807) is 6.07 Å². The minimum Gasteiger partial charge on any atom is -0.465 e. The third kappa shape index (κ3) is 10.2. The number of aliphatic hydroxyl groups is 1. The molecule has 0 saturated carbocycles. The zero-order chi connectivity index (χ0) is 38.3. The van der Waals surface area contributed by atoms with Gasteiger partial charge in [-0.25, -0.2) is 4.79 Å². The molecule has 0 aliphatic heterocycles. The number of carbonyl (C=O) groups is 2. The molecule has 0 unspecified atom stereocenters. The maximum absolute atomic E-state index is 14.0. The first kappa shape index (κ1) is 38.9. The van der Waals surface area contributed by atoms with Gasteiger partial charge in [0.2, 0.25) is 0 Å². The van der Waals surface area contributed by atoms with Crippen molar-refractivity contribution in [2.24, 2.45) is 5.92 Å². The van der Waals surface area contributed by atoms with Crippen LogP contribution in [0.25, 0.3) is 0 Å². The number of rotatable bonds is 18. The molecular formula is C49H48O6. The van der Waals surface area contributed by atoms with Crippen LogP contribution >= 0.6 is 0 Å². The average Bonchev–Trinajstić information content (AvgIpc) is 3.25. The molecule has 2 atom stereocenters. The molecule has 6 rings (SSSR count). The Morgan fingerprint density at radius 3 is 1.60 bits per heavy atom. The number of methoxy groups -OCH3 is 1. The number of aliphatic hydroxyl groups excluding tert-OH is 1. The minimum atomic E-state index is -1.06. The molecule has 0 heterocycles. The van der Waals surface area contributed by atoms with Gasteiger partial charge in [-0.15, -0.1) is 0 Å². The Morgan fingerprint density at radius 2 is 1.05 bits per heavy atom. The van der Waals surface area contributed by atoms with E-state index in [1.807, 2.05) is 146 Å². The number of esters is 2. The van der Waals surface area contributed by atoms with E-state index in [0.717, 1.165) is 52.6 Å². The van der Waals surface area contributed by atoms with Crippen molar-refractivity contribution in [3.63, 3.8) is 0 Å². The van der Waals surface area contributed by atoms with Gasteiger partial charge in [-0.05, 0) is 83.2 Å². The van der Waals surface area contributed by atoms with Crippen LogP contribution in [0.4, 0.5) is 0 Å². The molecule has 0 aliphatic carbocycles. The van der Waals surface area contributed by atoms with Crippen LogP contribution in [0.1, 0.15) is 62.1 Å². The van der Waals surface area contributed by atoms with E-state index in [-0.39, 0.29) is 19.2 Å². The van der Waals surface area contributed by atoms with Gasteiger partial charge in [-0.3, -0.25) is 4.79 Å². The van der Waals surface area contributed by atoms with Crippen LogP contribution in [0.5, 0.6) is 0 Å². The number of ether oxygens (including phenoxy) is 3. The van der Waals surface area contributed by atoms with E-state index in [1.165, 1.54) is 12.7 Å². The fourth-order valence-corrected chi connectivity index (χ4v) is 7.08. The number of hydrogen-bond acceptors (Lipinski definition) is 6. The van der Waals surface area contributed by atoms with Crippen LogP contribution in [0.2, 0.25) is 0 Å². The second-order valence-corrected chi connectivity index (χ2v) is 13.8. The summed E-state index contributed by atoms with van der Waals surface area (Å²) in [6.07, 6.45) is 2.48. The Balaban J connectivity index is 1.20. The molecule has 0 aromatic heterocycles. The van der Waals surface area contributed by atoms with Crippen molar-refractivity contribution in [1.82, 2.24) is 0 Å². The van der Waals surface area contributed by atoms with Crippen molar-refractivity contribution in [3.05, 3.63) is 214 Å². The zero-order valence-corrected chi connectivity index (χ0v) is 31.3. The van der Waals surface area contributed by atoms with Crippen molar-refractivity contribution in [2.75, 3.05) is 13.7 Å². The van der Waals surface area contributed by atoms with E-state index < -0.39 is 23.6 Å². The van der Waals surface area contributed by atoms with E-state index in [0.29, 0.717) is 18.4 Å². The second kappa shape index (κ2) is 19.5. The van der Waals surface area contributed by atoms with E-state index in [2.05, 4.69) is 18.2 Å². The van der Waals surface area contributed by atoms with Gasteiger partial charge in [0.15, 0.2) is 0 Å². The summed E-state index contributed by atoms with van der Waals surface area (Å²) in [4.78, 5) is 25.9. The highest BCUT2D eigenvalue weighted by atomic mass is 16.5. The maximum Gasteiger partial charge on any atom is 0.337 e. The van der Waals surface area contributed by atoms with Gasteiger partial charge in [-0.2, -0.15) is 0 Å². The number of hydrogen-bond donors (Lipinski definition) is 1. The number of aryl methyl sites for hydroxylation is 3. The highest BCUT2D eigenvalue weighted by molar-refractivity contribution is 5.89. The van der Waals surface area contributed by atoms with Crippen LogP contribution in [0, 0.1) is 5.92 Å². The van der Waals surface area contributed by atoms with Gasteiger partial charge >= 0.3 is 11.9 Å². The first-order valence-electron chi connectivity index (χ1n) is 18.9. The normalized spacial score (nSPS) is 12.4. The van der Waals surface area contributed by atoms with E-state index in [4.69, 9.17) is 14.2 Å². The lowest BCUT2D eigenvalue weighted by Gasteiger charge is -2.37. The lowest BCUT2D eigenvalue weighted by atomic mass is 9.80. The molecule has 55 heavy (non-hydrogen) atoms. The summed E-state index contributed by atoms with van der Waals surface area (Å²) in [5.74, 6) is -1.80. The van der Waals surface area contributed by atoms with Gasteiger partial charge in [0.05, 0.1) is 25.4 Å². The van der Waals surface area contributed by atoms with Crippen LogP contribution in [0.3, 0.4) is 0 Å². The third-order valence-corrected chi connectivity index (χ3v) is 10.0. The van der Waals surface area contributed by atoms with Crippen LogP contribution in [-0.4, -0.2) is 36.9 Å². The molecule has 0 spiro atoms. The summed E-state index contributed by atoms with van der Waals surface area (Å²) in [7, 11) is 1.39. The van der Waals surface area contributed by atoms with Crippen molar-refractivity contribution < 1.29 is 28.9 Å².